The molecule has 0 aromatic rings. The second-order valence-corrected chi connectivity index (χ2v) is 11.9. The van der Waals surface area contributed by atoms with Crippen molar-refractivity contribution in [3.63, 3.8) is 0 Å². The summed E-state index contributed by atoms with van der Waals surface area (Å²) in [6.45, 7) is 10.5. The number of hydrogen-bond acceptors (Lipinski definition) is 4. The Kier molecular flexibility index (Phi) is 7.19. The molecule has 4 aliphatic rings. The number of ketones is 4. The number of rotatable bonds is 2. The number of alkyl halides is 6. The first-order valence-electron chi connectivity index (χ1n) is 11.4. The second-order valence-electron chi connectivity index (χ2n) is 11.9. The molecule has 201 valence electrons. The molecular weight excluding hydrogens is 525 g/mol. The van der Waals surface area contributed by atoms with E-state index in [2.05, 4.69) is 0 Å². The van der Waals surface area contributed by atoms with Gasteiger partial charge in [-0.25, -0.2) is 0 Å². The van der Waals surface area contributed by atoms with E-state index in [-0.39, 0.29) is 16.8 Å². The van der Waals surface area contributed by atoms with Gasteiger partial charge in [-0.05, 0) is 47.3 Å². The molecule has 4 fully saturated rings. The Bertz CT molecular complexity index is 877. The van der Waals surface area contributed by atoms with E-state index < -0.39 is 80.8 Å². The summed E-state index contributed by atoms with van der Waals surface area (Å²) in [7, 11) is 0. The molecule has 0 spiro atoms. The summed E-state index contributed by atoms with van der Waals surface area (Å²) < 4.78 is 75.1. The fourth-order valence-corrected chi connectivity index (χ4v) is 7.27. The monoisotopic (exact) mass is 555 g/mol. The third-order valence-corrected chi connectivity index (χ3v) is 10.2. The zero-order valence-electron chi connectivity index (χ0n) is 20.4. The third kappa shape index (κ3) is 3.94. The predicted octanol–water partition coefficient (Wildman–Crippen LogP) is 5.52. The van der Waals surface area contributed by atoms with E-state index in [0.29, 0.717) is 25.7 Å². The van der Waals surface area contributed by atoms with Crippen LogP contribution < -0.4 is 0 Å². The molecule has 0 N–H and O–H groups in total. The molecule has 4 nitrogen and oxygen atoms in total. The van der Waals surface area contributed by atoms with Crippen LogP contribution in [0.5, 0.6) is 0 Å². The smallest absolute Gasteiger partial charge is 0.299 e. The van der Waals surface area contributed by atoms with Crippen molar-refractivity contribution < 1.29 is 62.3 Å². The van der Waals surface area contributed by atoms with Crippen molar-refractivity contribution in [2.45, 2.75) is 79.6 Å². The van der Waals surface area contributed by atoms with Gasteiger partial charge in [0.2, 0.25) is 11.6 Å². The van der Waals surface area contributed by atoms with Gasteiger partial charge >= 0.3 is 12.4 Å². The SMILES string of the molecule is CC1(C)C2CCC1(C)C(C(=O)C(F)(F)F)C2=O.CC1(C)C2CCC1(C)C(C(=O)C(F)(F)F)C2=O.[Co]. The molecule has 4 aliphatic carbocycles. The van der Waals surface area contributed by atoms with Gasteiger partial charge in [-0.2, -0.15) is 26.3 Å². The van der Waals surface area contributed by atoms with E-state index in [4.69, 9.17) is 0 Å². The Morgan fingerprint density at radius 1 is 0.657 bits per heavy atom. The van der Waals surface area contributed by atoms with E-state index in [1.54, 1.807) is 41.5 Å². The van der Waals surface area contributed by atoms with Gasteiger partial charge in [0.25, 0.3) is 0 Å². The number of carbonyl (C=O) groups excluding carboxylic acids is 4. The number of fused-ring (bicyclic) bond motifs is 4. The molecule has 0 aromatic heterocycles. The molecule has 0 amide bonds. The van der Waals surface area contributed by atoms with Crippen LogP contribution >= 0.6 is 0 Å². The molecule has 4 rings (SSSR count). The summed E-state index contributed by atoms with van der Waals surface area (Å²) in [5.74, 6) is -8.52. The summed E-state index contributed by atoms with van der Waals surface area (Å²) in [5, 5.41) is 0. The van der Waals surface area contributed by atoms with E-state index in [1.165, 1.54) is 0 Å². The largest absolute Gasteiger partial charge is 0.450 e. The number of carbonyl (C=O) groups is 4. The molecule has 0 heterocycles. The summed E-state index contributed by atoms with van der Waals surface area (Å²) in [4.78, 5) is 46.7. The van der Waals surface area contributed by atoms with E-state index in [0.717, 1.165) is 0 Å². The van der Waals surface area contributed by atoms with Gasteiger partial charge in [0.05, 0.1) is 11.8 Å². The van der Waals surface area contributed by atoms with Crippen LogP contribution in [-0.4, -0.2) is 35.5 Å². The fraction of sp³-hybridized carbons (Fsp3) is 0.833. The van der Waals surface area contributed by atoms with Crippen LogP contribution in [0.15, 0.2) is 0 Å². The minimum atomic E-state index is -4.91. The van der Waals surface area contributed by atoms with Crippen LogP contribution in [0.4, 0.5) is 26.3 Å². The van der Waals surface area contributed by atoms with Crippen molar-refractivity contribution in [1.29, 1.82) is 0 Å². The number of halogens is 6. The first-order valence-corrected chi connectivity index (χ1v) is 11.4. The van der Waals surface area contributed by atoms with Crippen molar-refractivity contribution >= 4 is 23.1 Å². The van der Waals surface area contributed by atoms with Gasteiger partial charge in [0.15, 0.2) is 0 Å². The van der Waals surface area contributed by atoms with Gasteiger partial charge in [-0.3, -0.25) is 19.2 Å². The number of Topliss-reactive ketones (excluding diaryl/α,β-unsaturated/α-hetero) is 4. The summed E-state index contributed by atoms with van der Waals surface area (Å²) >= 11 is 0. The van der Waals surface area contributed by atoms with Crippen LogP contribution in [0.3, 0.4) is 0 Å². The van der Waals surface area contributed by atoms with E-state index in [1.807, 2.05) is 0 Å². The molecule has 0 saturated heterocycles. The zero-order chi connectivity index (χ0) is 26.4. The van der Waals surface area contributed by atoms with E-state index in [9.17, 15) is 45.5 Å². The standard InChI is InChI=1S/2C12H15F3O2.Co/c2*1-10(2)6-4-5-11(10,3)7(8(6)16)9(17)12(13,14)15;/h2*6-7H,4-5H2,1-3H3;. The minimum absolute atomic E-state index is 0. The maximum atomic E-state index is 12.5. The summed E-state index contributed by atoms with van der Waals surface area (Å²) in [6.07, 6.45) is -7.59. The summed E-state index contributed by atoms with van der Waals surface area (Å²) in [6, 6.07) is 0. The minimum Gasteiger partial charge on any atom is -0.299 e. The molecule has 6 unspecified atom stereocenters. The van der Waals surface area contributed by atoms with Crippen LogP contribution in [0.25, 0.3) is 0 Å². The second kappa shape index (κ2) is 8.39. The molecule has 0 aliphatic heterocycles. The van der Waals surface area contributed by atoms with Gasteiger partial charge in [-0.15, -0.1) is 0 Å². The van der Waals surface area contributed by atoms with Gasteiger partial charge in [0.1, 0.15) is 11.6 Å². The first-order chi connectivity index (χ1) is 15.1. The molecule has 6 atom stereocenters. The van der Waals surface area contributed by atoms with Crippen molar-refractivity contribution in [2.75, 3.05) is 0 Å². The molecule has 0 aromatic carbocycles. The normalized spacial score (nSPS) is 38.6. The molecule has 1 radical (unpaired) electrons. The van der Waals surface area contributed by atoms with Gasteiger partial charge in [-0.1, -0.05) is 41.5 Å². The Balaban J connectivity index is 0.000000240. The Morgan fingerprint density at radius 3 is 1.09 bits per heavy atom. The Labute approximate surface area is 210 Å². The topological polar surface area (TPSA) is 68.3 Å². The van der Waals surface area contributed by atoms with Crippen LogP contribution in [0, 0.1) is 45.3 Å². The van der Waals surface area contributed by atoms with Crippen LogP contribution in [-0.2, 0) is 36.0 Å². The van der Waals surface area contributed by atoms with E-state index >= 15 is 0 Å². The van der Waals surface area contributed by atoms with Crippen LogP contribution in [0.1, 0.15) is 67.2 Å². The first kappa shape index (κ1) is 30.0. The zero-order valence-corrected chi connectivity index (χ0v) is 21.4. The Morgan fingerprint density at radius 2 is 0.914 bits per heavy atom. The predicted molar refractivity (Wildman–Crippen MR) is 108 cm³/mol. The molecule has 35 heavy (non-hydrogen) atoms. The average molecular weight is 555 g/mol. The molecule has 4 saturated carbocycles. The molecular formula is C24H30CoF6O4. The number of hydrogen-bond donors (Lipinski definition) is 0. The van der Waals surface area contributed by atoms with Crippen molar-refractivity contribution in [3.05, 3.63) is 0 Å². The van der Waals surface area contributed by atoms with Crippen molar-refractivity contribution in [2.24, 2.45) is 45.3 Å². The van der Waals surface area contributed by atoms with Gasteiger partial charge < -0.3 is 0 Å². The van der Waals surface area contributed by atoms with Crippen molar-refractivity contribution in [1.82, 2.24) is 0 Å². The summed E-state index contributed by atoms with van der Waals surface area (Å²) in [5.41, 5.74) is -2.73. The van der Waals surface area contributed by atoms with Crippen molar-refractivity contribution in [3.8, 4) is 0 Å². The van der Waals surface area contributed by atoms with Crippen LogP contribution in [0.2, 0.25) is 0 Å². The maximum absolute atomic E-state index is 12.5. The average Bonchev–Trinajstić information content (AvgIpc) is 3.14. The Hall–Kier alpha value is -1.23. The maximum Gasteiger partial charge on any atom is 0.450 e. The third-order valence-electron chi connectivity index (χ3n) is 10.2. The molecule has 11 heteroatoms. The fourth-order valence-electron chi connectivity index (χ4n) is 7.27. The van der Waals surface area contributed by atoms with Gasteiger partial charge in [0, 0.05) is 28.6 Å². The molecule has 4 bridgehead atoms. The quantitative estimate of drug-likeness (QED) is 0.333.